The van der Waals surface area contributed by atoms with Crippen LogP contribution in [-0.4, -0.2) is 10.7 Å². The number of phenolic OH excluding ortho intramolecular Hbond substituents is 1. The minimum Gasteiger partial charge on any atom is -0.507 e. The molecule has 0 radical (unpaired) electrons. The molecule has 1 aliphatic carbocycles. The summed E-state index contributed by atoms with van der Waals surface area (Å²) >= 11 is 0. The lowest BCUT2D eigenvalue weighted by Crippen LogP contribution is -2.45. The molecule has 0 amide bonds. The van der Waals surface area contributed by atoms with E-state index in [4.69, 9.17) is 21.2 Å². The van der Waals surface area contributed by atoms with Gasteiger partial charge in [-0.05, 0) is 63.9 Å². The van der Waals surface area contributed by atoms with E-state index in [1.807, 2.05) is 6.92 Å². The van der Waals surface area contributed by atoms with Crippen LogP contribution in [0.4, 0.5) is 0 Å². The van der Waals surface area contributed by atoms with Crippen molar-refractivity contribution in [2.45, 2.75) is 77.5 Å². The van der Waals surface area contributed by atoms with E-state index < -0.39 is 85.0 Å². The van der Waals surface area contributed by atoms with E-state index in [1.54, 1.807) is 0 Å². The first-order chi connectivity index (χ1) is 16.1. The van der Waals surface area contributed by atoms with Gasteiger partial charge in [0.05, 0.1) is 2.74 Å². The Morgan fingerprint density at radius 1 is 1.52 bits per heavy atom. The SMILES string of the molecule is [2H]c1c(O)c2c(c([2H])c1C([2H])([2H])CCCC)OC(C([2H])([2H])[2H])(C([2H])([2H])[2H])[C@@H]1CC([2H])([2H])C(C)=C[C@@]21[2H]. The molecule has 0 aromatic heterocycles. The molecule has 3 rings (SSSR count). The fraction of sp³-hybridized carbons (Fsp3) is 0.619. The third-order valence-corrected chi connectivity index (χ3v) is 4.15. The molecule has 1 N–H and O–H groups in total. The zero-order chi connectivity index (χ0) is 27.9. The van der Waals surface area contributed by atoms with Crippen LogP contribution in [0.15, 0.2) is 23.7 Å². The first-order valence-electron chi connectivity index (χ1n) is 14.4. The normalized spacial score (nSPS) is 40.5. The van der Waals surface area contributed by atoms with Gasteiger partial charge in [0.25, 0.3) is 0 Å². The Morgan fingerprint density at radius 3 is 3.09 bits per heavy atom. The van der Waals surface area contributed by atoms with E-state index in [2.05, 4.69) is 0 Å². The van der Waals surface area contributed by atoms with Crippen LogP contribution in [0.3, 0.4) is 0 Å². The summed E-state index contributed by atoms with van der Waals surface area (Å²) in [5.74, 6) is -5.98. The predicted molar refractivity (Wildman–Crippen MR) is 95.3 cm³/mol. The number of fused-ring (bicyclic) bond motifs is 3. The van der Waals surface area contributed by atoms with Crippen molar-refractivity contribution in [2.75, 3.05) is 0 Å². The third-order valence-electron chi connectivity index (χ3n) is 4.15. The zero-order valence-electron chi connectivity index (χ0n) is 26.3. The molecule has 0 saturated carbocycles. The van der Waals surface area contributed by atoms with Crippen LogP contribution in [0, 0.1) is 5.92 Å². The Labute approximate surface area is 158 Å². The molecule has 2 atom stereocenters. The van der Waals surface area contributed by atoms with E-state index in [-0.39, 0.29) is 12.0 Å². The van der Waals surface area contributed by atoms with Gasteiger partial charge in [-0.25, -0.2) is 0 Å². The smallest absolute Gasteiger partial charge is 0.127 e. The summed E-state index contributed by atoms with van der Waals surface area (Å²) < 4.78 is 115. The lowest BCUT2D eigenvalue weighted by atomic mass is 9.68. The Hall–Kier alpha value is -1.44. The number of benzene rings is 1. The summed E-state index contributed by atoms with van der Waals surface area (Å²) in [6.07, 6.45) is -3.38. The molecular weight excluding hydrogens is 284 g/mol. The number of aromatic hydroxyl groups is 1. The second kappa shape index (κ2) is 6.22. The quantitative estimate of drug-likeness (QED) is 0.715. The van der Waals surface area contributed by atoms with Crippen molar-refractivity contribution in [1.29, 1.82) is 0 Å². The fourth-order valence-electron chi connectivity index (χ4n) is 2.92. The lowest BCUT2D eigenvalue weighted by molar-refractivity contribution is 0.0107. The maximum absolute atomic E-state index is 11.1. The van der Waals surface area contributed by atoms with Gasteiger partial charge in [-0.1, -0.05) is 31.4 Å². The van der Waals surface area contributed by atoms with Crippen molar-refractivity contribution >= 4 is 0 Å². The minimum atomic E-state index is -3.44. The predicted octanol–water partition coefficient (Wildman–Crippen LogP) is 5.74. The van der Waals surface area contributed by atoms with Gasteiger partial charge in [-0.3, -0.25) is 0 Å². The molecule has 0 bridgehead atoms. The van der Waals surface area contributed by atoms with Gasteiger partial charge in [0.2, 0.25) is 0 Å². The van der Waals surface area contributed by atoms with Crippen molar-refractivity contribution in [3.05, 3.63) is 34.9 Å². The van der Waals surface area contributed by atoms with Crippen molar-refractivity contribution in [3.63, 3.8) is 0 Å². The highest BCUT2D eigenvalue weighted by molar-refractivity contribution is 5.53. The molecular formula is C21H30O2. The molecule has 2 heteroatoms. The van der Waals surface area contributed by atoms with Crippen LogP contribution in [0.25, 0.3) is 0 Å². The minimum absolute atomic E-state index is 0.00797. The van der Waals surface area contributed by atoms with Crippen LogP contribution < -0.4 is 4.74 Å². The fourth-order valence-corrected chi connectivity index (χ4v) is 2.92. The molecule has 2 nitrogen and oxygen atoms in total. The summed E-state index contributed by atoms with van der Waals surface area (Å²) in [7, 11) is 0. The van der Waals surface area contributed by atoms with Crippen LogP contribution in [0.1, 0.15) is 94.4 Å². The summed E-state index contributed by atoms with van der Waals surface area (Å²) in [6.45, 7) is -3.71. The summed E-state index contributed by atoms with van der Waals surface area (Å²) in [4.78, 5) is 0. The molecule has 0 spiro atoms. The third kappa shape index (κ3) is 3.13. The molecule has 0 fully saturated rings. The number of hydrogen-bond acceptors (Lipinski definition) is 2. The van der Waals surface area contributed by atoms with Gasteiger partial charge in [0.15, 0.2) is 0 Å². The number of phenols is 1. The highest BCUT2D eigenvalue weighted by atomic mass is 16.5. The molecule has 1 aromatic carbocycles. The van der Waals surface area contributed by atoms with Gasteiger partial charge in [0, 0.05) is 32.5 Å². The molecule has 126 valence electrons. The molecule has 1 heterocycles. The van der Waals surface area contributed by atoms with Gasteiger partial charge in [-0.2, -0.15) is 0 Å². The zero-order valence-corrected chi connectivity index (χ0v) is 13.3. The van der Waals surface area contributed by atoms with Crippen LogP contribution >= 0.6 is 0 Å². The van der Waals surface area contributed by atoms with Crippen LogP contribution in [-0.2, 0) is 6.37 Å². The Morgan fingerprint density at radius 2 is 2.35 bits per heavy atom. The molecule has 2 aliphatic rings. The van der Waals surface area contributed by atoms with E-state index in [9.17, 15) is 6.48 Å². The highest BCUT2D eigenvalue weighted by Crippen LogP contribution is 2.53. The molecule has 23 heavy (non-hydrogen) atoms. The van der Waals surface area contributed by atoms with E-state index in [1.165, 1.54) is 6.92 Å². The summed E-state index contributed by atoms with van der Waals surface area (Å²) in [5, 5.41) is 11.1. The van der Waals surface area contributed by atoms with Gasteiger partial charge in [-0.15, -0.1) is 0 Å². The van der Waals surface area contributed by atoms with Crippen molar-refractivity contribution in [3.8, 4) is 11.5 Å². The van der Waals surface area contributed by atoms with E-state index in [0.29, 0.717) is 12.8 Å². The number of allylic oxidation sites excluding steroid dienone is 2. The Balaban J connectivity index is 2.53. The number of rotatable bonds is 4. The number of ether oxygens (including phenoxy) is 1. The van der Waals surface area contributed by atoms with Crippen molar-refractivity contribution < 1.29 is 27.7 Å². The standard InChI is InChI=1S/C21H30O2/c1-5-6-7-8-15-12-18(22)20-16-11-14(2)9-10-17(16)21(3,4)23-19(20)13-15/h11-13,16-17,22H,5-10H2,1-4H3/t16-,17-/m1/s1/i3D3,4D3,8D2,9D2,12D,13D,16D. The van der Waals surface area contributed by atoms with Crippen LogP contribution in [0.5, 0.6) is 11.5 Å². The Bertz CT molecular complexity index is 1070. The second-order valence-corrected chi connectivity index (χ2v) is 6.01. The molecule has 0 saturated heterocycles. The molecule has 0 unspecified atom stereocenters. The maximum Gasteiger partial charge on any atom is 0.127 e. The largest absolute Gasteiger partial charge is 0.507 e. The average molecular weight is 328 g/mol. The number of hydrogen-bond donors (Lipinski definition) is 1. The summed E-state index contributed by atoms with van der Waals surface area (Å²) in [6, 6.07) is -1.58. The monoisotopic (exact) mass is 327 g/mol. The van der Waals surface area contributed by atoms with Crippen molar-refractivity contribution in [2.24, 2.45) is 5.92 Å². The Kier molecular flexibility index (Phi) is 1.84. The first kappa shape index (κ1) is 6.82. The van der Waals surface area contributed by atoms with Gasteiger partial charge < -0.3 is 9.84 Å². The lowest BCUT2D eigenvalue weighted by Gasteiger charge is -2.46. The molecule has 1 aliphatic heterocycles. The topological polar surface area (TPSA) is 29.5 Å². The highest BCUT2D eigenvalue weighted by Gasteiger charge is 2.45. The maximum atomic E-state index is 11.1. The van der Waals surface area contributed by atoms with Crippen LogP contribution in [0.2, 0.25) is 0 Å². The van der Waals surface area contributed by atoms with Crippen molar-refractivity contribution in [1.82, 2.24) is 0 Å². The van der Waals surface area contributed by atoms with Gasteiger partial charge >= 0.3 is 0 Å². The van der Waals surface area contributed by atoms with Gasteiger partial charge in [0.1, 0.15) is 17.1 Å². The van der Waals surface area contributed by atoms with E-state index >= 15 is 0 Å². The molecule has 1 aromatic rings. The second-order valence-electron chi connectivity index (χ2n) is 6.01. The number of unbranched alkanes of at least 4 members (excludes halogenated alkanes) is 1. The van der Waals surface area contributed by atoms with E-state index in [0.717, 1.165) is 6.08 Å². The first-order valence-corrected chi connectivity index (χ1v) is 7.86. The summed E-state index contributed by atoms with van der Waals surface area (Å²) in [5.41, 5.74) is -4.28. The average Bonchev–Trinajstić information content (AvgIpc) is 2.69.